The van der Waals surface area contributed by atoms with Gasteiger partial charge in [0.1, 0.15) is 0 Å². The molecule has 2 aromatic carbocycles. The molecule has 0 bridgehead atoms. The normalized spacial score (nSPS) is 24.1. The number of fused-ring (bicyclic) bond motifs is 1. The summed E-state index contributed by atoms with van der Waals surface area (Å²) in [5, 5.41) is 9.61. The van der Waals surface area contributed by atoms with E-state index in [2.05, 4.69) is 55.2 Å². The number of likely N-dealkylation sites (tertiary alicyclic amines) is 1. The number of benzene rings is 2. The van der Waals surface area contributed by atoms with Gasteiger partial charge in [-0.1, -0.05) is 50.3 Å². The molecule has 4 heteroatoms. The van der Waals surface area contributed by atoms with Crippen LogP contribution < -0.4 is 0 Å². The Morgan fingerprint density at radius 2 is 1.81 bits per heavy atom. The molecule has 2 aliphatic carbocycles. The van der Waals surface area contributed by atoms with Crippen LogP contribution in [0.25, 0.3) is 6.08 Å². The number of carboxylic acid groups (broad SMARTS) is 1. The zero-order valence-corrected chi connectivity index (χ0v) is 22.5. The summed E-state index contributed by atoms with van der Waals surface area (Å²) >= 11 is 0. The number of rotatable bonds is 7. The molecule has 1 N–H and O–H groups in total. The number of carbonyl (C=O) groups is 1. The Morgan fingerprint density at radius 1 is 1.08 bits per heavy atom. The number of alkyl halides is 1. The Kier molecular flexibility index (Phi) is 7.85. The highest BCUT2D eigenvalue weighted by atomic mass is 19.1. The zero-order chi connectivity index (χ0) is 26.0. The summed E-state index contributed by atoms with van der Waals surface area (Å²) < 4.78 is 12.4. The van der Waals surface area contributed by atoms with Crippen molar-refractivity contribution in [2.75, 3.05) is 26.3 Å². The topological polar surface area (TPSA) is 40.5 Å². The van der Waals surface area contributed by atoms with E-state index < -0.39 is 5.97 Å². The lowest BCUT2D eigenvalue weighted by Crippen LogP contribution is -2.40. The zero-order valence-electron chi connectivity index (χ0n) is 22.5. The van der Waals surface area contributed by atoms with E-state index in [0.29, 0.717) is 29.2 Å². The number of aromatic carboxylic acids is 1. The maximum atomic E-state index is 12.4. The molecule has 1 aliphatic heterocycles. The third-order valence-electron chi connectivity index (χ3n) is 9.25. The van der Waals surface area contributed by atoms with Gasteiger partial charge in [-0.3, -0.25) is 9.29 Å². The molecule has 1 saturated heterocycles. The summed E-state index contributed by atoms with van der Waals surface area (Å²) in [6.45, 7) is 7.32. The number of nitrogens with zero attached hydrogens (tertiary/aromatic N) is 1. The third-order valence-corrected chi connectivity index (χ3v) is 9.25. The van der Waals surface area contributed by atoms with Gasteiger partial charge in [0.25, 0.3) is 0 Å². The maximum absolute atomic E-state index is 12.4. The van der Waals surface area contributed by atoms with Gasteiger partial charge in [-0.15, -0.1) is 0 Å². The monoisotopic (exact) mass is 503 g/mol. The second-order valence-corrected chi connectivity index (χ2v) is 12.5. The molecule has 0 spiro atoms. The fraction of sp³-hybridized carbons (Fsp3) is 0.545. The van der Waals surface area contributed by atoms with Crippen LogP contribution in [0.4, 0.5) is 4.39 Å². The molecule has 2 fully saturated rings. The van der Waals surface area contributed by atoms with Crippen LogP contribution in [0.5, 0.6) is 0 Å². The second-order valence-electron chi connectivity index (χ2n) is 12.5. The van der Waals surface area contributed by atoms with Crippen molar-refractivity contribution in [1.82, 2.24) is 4.90 Å². The van der Waals surface area contributed by atoms with Crippen LogP contribution in [-0.2, 0) is 6.42 Å². The van der Waals surface area contributed by atoms with Crippen molar-refractivity contribution in [3.63, 3.8) is 0 Å². The predicted molar refractivity (Wildman–Crippen MR) is 149 cm³/mol. The van der Waals surface area contributed by atoms with Gasteiger partial charge in [-0.05, 0) is 109 Å². The van der Waals surface area contributed by atoms with Crippen LogP contribution in [-0.4, -0.2) is 42.3 Å². The van der Waals surface area contributed by atoms with Gasteiger partial charge in [0.15, 0.2) is 0 Å². The van der Waals surface area contributed by atoms with E-state index in [0.717, 1.165) is 38.4 Å². The predicted octanol–water partition coefficient (Wildman–Crippen LogP) is 7.74. The second kappa shape index (κ2) is 11.1. The number of carboxylic acids is 1. The Bertz CT molecular complexity index is 1120. The molecule has 2 aromatic rings. The lowest BCUT2D eigenvalue weighted by Gasteiger charge is -2.41. The molecular weight excluding hydrogens is 461 g/mol. The molecule has 2 unspecified atom stereocenters. The van der Waals surface area contributed by atoms with E-state index in [1.807, 2.05) is 12.1 Å². The molecule has 3 aliphatic rings. The Hall–Kier alpha value is -2.46. The fourth-order valence-corrected chi connectivity index (χ4v) is 7.06. The minimum absolute atomic E-state index is 0.238. The van der Waals surface area contributed by atoms with E-state index in [9.17, 15) is 14.3 Å². The van der Waals surface area contributed by atoms with Crippen molar-refractivity contribution in [3.05, 3.63) is 75.9 Å². The van der Waals surface area contributed by atoms with Gasteiger partial charge in [-0.25, -0.2) is 4.79 Å². The average Bonchev–Trinajstić information content (AvgIpc) is 3.05. The summed E-state index contributed by atoms with van der Waals surface area (Å²) in [5.74, 6) is 0.780. The van der Waals surface area contributed by atoms with Crippen LogP contribution in [0.15, 0.2) is 48.0 Å². The van der Waals surface area contributed by atoms with Crippen molar-refractivity contribution in [1.29, 1.82) is 0 Å². The summed E-state index contributed by atoms with van der Waals surface area (Å²) in [6.07, 6.45) is 11.4. The van der Waals surface area contributed by atoms with Crippen LogP contribution in [0.1, 0.15) is 97.3 Å². The van der Waals surface area contributed by atoms with Crippen LogP contribution in [0.3, 0.4) is 0 Å². The summed E-state index contributed by atoms with van der Waals surface area (Å²) in [7, 11) is 0. The van der Waals surface area contributed by atoms with Crippen LogP contribution >= 0.6 is 0 Å². The highest BCUT2D eigenvalue weighted by Crippen LogP contribution is 2.50. The first-order valence-electron chi connectivity index (χ1n) is 14.3. The van der Waals surface area contributed by atoms with Crippen LogP contribution in [0, 0.1) is 17.3 Å². The first-order chi connectivity index (χ1) is 17.8. The maximum Gasteiger partial charge on any atom is 0.335 e. The molecule has 3 nitrogen and oxygen atoms in total. The molecule has 37 heavy (non-hydrogen) atoms. The molecule has 0 radical (unpaired) electrons. The van der Waals surface area contributed by atoms with Crippen molar-refractivity contribution in [3.8, 4) is 0 Å². The van der Waals surface area contributed by atoms with E-state index in [1.165, 1.54) is 59.9 Å². The molecule has 0 aromatic heterocycles. The Morgan fingerprint density at radius 3 is 2.49 bits per heavy atom. The van der Waals surface area contributed by atoms with E-state index in [4.69, 9.17) is 0 Å². The molecule has 0 amide bonds. The minimum Gasteiger partial charge on any atom is -0.478 e. The third kappa shape index (κ3) is 6.00. The van der Waals surface area contributed by atoms with Gasteiger partial charge >= 0.3 is 5.97 Å². The summed E-state index contributed by atoms with van der Waals surface area (Å²) in [5.41, 5.74) is 7.41. The molecule has 1 saturated carbocycles. The minimum atomic E-state index is -0.841. The number of halogens is 1. The van der Waals surface area contributed by atoms with Gasteiger partial charge < -0.3 is 5.11 Å². The van der Waals surface area contributed by atoms with Gasteiger partial charge in [0.2, 0.25) is 0 Å². The van der Waals surface area contributed by atoms with Crippen molar-refractivity contribution < 1.29 is 14.3 Å². The SMILES string of the molecule is CC1(C)CCC(C2CCCc3cc(C(=O)O)ccc3C2c2ccc(C=C3CN(CCCF)C3)cc2)CC1. The summed E-state index contributed by atoms with van der Waals surface area (Å²) in [6, 6.07) is 15.0. The van der Waals surface area contributed by atoms with Gasteiger partial charge in [0.05, 0.1) is 12.2 Å². The number of hydrogen-bond acceptors (Lipinski definition) is 2. The van der Waals surface area contributed by atoms with Crippen molar-refractivity contribution in [2.45, 2.75) is 71.1 Å². The first-order valence-corrected chi connectivity index (χ1v) is 14.3. The Balaban J connectivity index is 1.42. The average molecular weight is 504 g/mol. The van der Waals surface area contributed by atoms with Crippen molar-refractivity contribution >= 4 is 12.0 Å². The summed E-state index contributed by atoms with van der Waals surface area (Å²) in [4.78, 5) is 14.0. The van der Waals surface area contributed by atoms with E-state index in [1.54, 1.807) is 0 Å². The molecule has 1 heterocycles. The van der Waals surface area contributed by atoms with E-state index in [-0.39, 0.29) is 6.67 Å². The quantitative estimate of drug-likeness (QED) is 0.393. The van der Waals surface area contributed by atoms with Crippen LogP contribution in [0.2, 0.25) is 0 Å². The smallest absolute Gasteiger partial charge is 0.335 e. The number of aryl methyl sites for hydroxylation is 1. The Labute approximate surface area is 221 Å². The highest BCUT2D eigenvalue weighted by Gasteiger charge is 2.38. The standard InChI is InChI=1S/C33H42FNO2/c1-33(2)15-13-25(14-16-33)29-6-3-5-27-20-28(32(36)37)11-12-30(27)31(29)26-9-7-23(8-10-26)19-24-21-35(22-24)18-4-17-34/h7-12,19-20,25,29,31H,3-6,13-18,21-22H2,1-2H3,(H,36,37). The number of hydrogen-bond donors (Lipinski definition) is 1. The lowest BCUT2D eigenvalue weighted by atomic mass is 9.64. The molecule has 198 valence electrons. The molecular formula is C33H42FNO2. The molecule has 2 atom stereocenters. The van der Waals surface area contributed by atoms with E-state index >= 15 is 0 Å². The van der Waals surface area contributed by atoms with Gasteiger partial charge in [0, 0.05) is 25.6 Å². The first kappa shape index (κ1) is 26.2. The van der Waals surface area contributed by atoms with Crippen molar-refractivity contribution in [2.24, 2.45) is 17.3 Å². The largest absolute Gasteiger partial charge is 0.478 e. The highest BCUT2D eigenvalue weighted by molar-refractivity contribution is 5.88. The van der Waals surface area contributed by atoms with Gasteiger partial charge in [-0.2, -0.15) is 0 Å². The lowest BCUT2D eigenvalue weighted by molar-refractivity contribution is 0.0696. The molecule has 5 rings (SSSR count). The fourth-order valence-electron chi connectivity index (χ4n) is 7.06.